The van der Waals surface area contributed by atoms with Crippen molar-refractivity contribution in [2.24, 2.45) is 5.41 Å². The lowest BCUT2D eigenvalue weighted by molar-refractivity contribution is -0.134. The third kappa shape index (κ3) is 5.37. The highest BCUT2D eigenvalue weighted by Gasteiger charge is 2.30. The molecule has 1 heterocycles. The second-order valence-electron chi connectivity index (χ2n) is 7.70. The van der Waals surface area contributed by atoms with Crippen LogP contribution in [0.2, 0.25) is 0 Å². The van der Waals surface area contributed by atoms with E-state index in [2.05, 4.69) is 5.32 Å². The van der Waals surface area contributed by atoms with Gasteiger partial charge in [-0.25, -0.2) is 0 Å². The van der Waals surface area contributed by atoms with Gasteiger partial charge in [0.2, 0.25) is 5.91 Å². The number of benzene rings is 1. The van der Waals surface area contributed by atoms with Gasteiger partial charge >= 0.3 is 0 Å². The number of hydrogen-bond donors (Lipinski definition) is 1. The van der Waals surface area contributed by atoms with E-state index in [1.807, 2.05) is 45.9 Å². The molecular formula is C20H29ClN2O3. The lowest BCUT2D eigenvalue weighted by Crippen LogP contribution is -2.50. The number of rotatable bonds is 6. The average Bonchev–Trinajstić information content (AvgIpc) is 2.61. The van der Waals surface area contributed by atoms with E-state index in [9.17, 15) is 9.59 Å². The number of likely N-dealkylation sites (tertiary alicyclic amines) is 1. The van der Waals surface area contributed by atoms with E-state index < -0.39 is 5.41 Å². The fraction of sp³-hybridized carbons (Fsp3) is 0.600. The number of alkyl halides is 1. The number of carbonyl (C=O) groups excluding carboxylic acids is 2. The summed E-state index contributed by atoms with van der Waals surface area (Å²) in [6.07, 6.45) is 1.50. The molecule has 5 nitrogen and oxygen atoms in total. The van der Waals surface area contributed by atoms with Crippen molar-refractivity contribution in [3.8, 4) is 5.75 Å². The van der Waals surface area contributed by atoms with Crippen molar-refractivity contribution in [2.75, 3.05) is 25.6 Å². The molecule has 1 aliphatic heterocycles. The quantitative estimate of drug-likeness (QED) is 0.771. The third-order valence-electron chi connectivity index (χ3n) is 4.81. The minimum Gasteiger partial charge on any atom is -0.484 e. The average molecular weight is 381 g/mol. The van der Waals surface area contributed by atoms with Crippen LogP contribution in [-0.2, 0) is 9.59 Å². The van der Waals surface area contributed by atoms with Crippen LogP contribution in [-0.4, -0.2) is 48.3 Å². The lowest BCUT2D eigenvalue weighted by Gasteiger charge is -2.34. The fourth-order valence-corrected chi connectivity index (χ4v) is 3.03. The van der Waals surface area contributed by atoms with Gasteiger partial charge < -0.3 is 15.0 Å². The highest BCUT2D eigenvalue weighted by molar-refractivity contribution is 6.19. The molecule has 0 bridgehead atoms. The van der Waals surface area contributed by atoms with Gasteiger partial charge in [-0.05, 0) is 52.2 Å². The molecule has 1 aromatic carbocycles. The first kappa shape index (κ1) is 20.6. The summed E-state index contributed by atoms with van der Waals surface area (Å²) in [6.45, 7) is 8.96. The second kappa shape index (κ2) is 8.76. The van der Waals surface area contributed by atoms with Crippen molar-refractivity contribution in [3.05, 3.63) is 29.3 Å². The molecular weight excluding hydrogens is 352 g/mol. The van der Waals surface area contributed by atoms with Crippen molar-refractivity contribution in [1.82, 2.24) is 10.2 Å². The monoisotopic (exact) mass is 380 g/mol. The Morgan fingerprint density at radius 2 is 1.92 bits per heavy atom. The van der Waals surface area contributed by atoms with Gasteiger partial charge in [-0.2, -0.15) is 0 Å². The molecule has 1 aromatic rings. The first-order valence-electron chi connectivity index (χ1n) is 9.07. The Kier molecular flexibility index (Phi) is 6.93. The summed E-state index contributed by atoms with van der Waals surface area (Å²) in [5, 5.41) is 3.05. The van der Waals surface area contributed by atoms with Gasteiger partial charge in [-0.3, -0.25) is 9.59 Å². The number of hydrogen-bond acceptors (Lipinski definition) is 3. The molecule has 1 N–H and O–H groups in total. The Morgan fingerprint density at radius 3 is 2.50 bits per heavy atom. The minimum absolute atomic E-state index is 0.0177. The molecule has 0 spiro atoms. The number of halogens is 1. The molecule has 0 aliphatic carbocycles. The Bertz CT molecular complexity index is 652. The number of amides is 2. The molecule has 0 saturated carbocycles. The first-order chi connectivity index (χ1) is 12.2. The van der Waals surface area contributed by atoms with Crippen LogP contribution < -0.4 is 10.1 Å². The van der Waals surface area contributed by atoms with Crippen LogP contribution in [0.3, 0.4) is 0 Å². The van der Waals surface area contributed by atoms with Crippen LogP contribution in [0.4, 0.5) is 0 Å². The highest BCUT2D eigenvalue weighted by atomic mass is 35.5. The van der Waals surface area contributed by atoms with Crippen LogP contribution >= 0.6 is 11.6 Å². The zero-order chi connectivity index (χ0) is 19.3. The summed E-state index contributed by atoms with van der Waals surface area (Å²) in [5.74, 6) is 0.979. The molecule has 0 unspecified atom stereocenters. The van der Waals surface area contributed by atoms with E-state index in [4.69, 9.17) is 16.3 Å². The minimum atomic E-state index is -0.575. The summed E-state index contributed by atoms with van der Waals surface area (Å²) in [5.41, 5.74) is 1.62. The van der Waals surface area contributed by atoms with E-state index >= 15 is 0 Å². The van der Waals surface area contributed by atoms with E-state index in [-0.39, 0.29) is 30.3 Å². The van der Waals surface area contributed by atoms with Crippen LogP contribution in [0.1, 0.15) is 37.8 Å². The second-order valence-corrected chi connectivity index (χ2v) is 7.97. The molecule has 2 rings (SSSR count). The normalized spacial score (nSPS) is 15.7. The fourth-order valence-electron chi connectivity index (χ4n) is 2.91. The van der Waals surface area contributed by atoms with Crippen molar-refractivity contribution < 1.29 is 14.3 Å². The number of carbonyl (C=O) groups is 2. The van der Waals surface area contributed by atoms with Crippen LogP contribution in [0.25, 0.3) is 0 Å². The summed E-state index contributed by atoms with van der Waals surface area (Å²) < 4.78 is 5.68. The summed E-state index contributed by atoms with van der Waals surface area (Å²) in [6, 6.07) is 6.01. The highest BCUT2D eigenvalue weighted by Crippen LogP contribution is 2.20. The largest absolute Gasteiger partial charge is 0.484 e. The maximum absolute atomic E-state index is 12.4. The number of aryl methyl sites for hydroxylation is 2. The molecule has 1 aliphatic rings. The Balaban J connectivity index is 1.78. The van der Waals surface area contributed by atoms with Crippen LogP contribution in [0.5, 0.6) is 5.75 Å². The molecule has 1 fully saturated rings. The summed E-state index contributed by atoms with van der Waals surface area (Å²) >= 11 is 5.85. The van der Waals surface area contributed by atoms with Crippen molar-refractivity contribution in [2.45, 2.75) is 46.6 Å². The number of nitrogens with one attached hydrogen (secondary N) is 1. The Hall–Kier alpha value is -1.75. The van der Waals surface area contributed by atoms with Gasteiger partial charge in [-0.1, -0.05) is 17.7 Å². The molecule has 144 valence electrons. The topological polar surface area (TPSA) is 58.6 Å². The van der Waals surface area contributed by atoms with Crippen molar-refractivity contribution in [1.29, 1.82) is 0 Å². The molecule has 0 atom stereocenters. The zero-order valence-corrected chi connectivity index (χ0v) is 16.9. The first-order valence-corrected chi connectivity index (χ1v) is 9.61. The molecule has 26 heavy (non-hydrogen) atoms. The predicted molar refractivity (Wildman–Crippen MR) is 104 cm³/mol. The third-order valence-corrected chi connectivity index (χ3v) is 5.48. The van der Waals surface area contributed by atoms with Gasteiger partial charge in [0.15, 0.2) is 6.61 Å². The number of piperidine rings is 1. The zero-order valence-electron chi connectivity index (χ0n) is 16.1. The van der Waals surface area contributed by atoms with Crippen LogP contribution in [0.15, 0.2) is 18.2 Å². The van der Waals surface area contributed by atoms with Crippen molar-refractivity contribution in [3.63, 3.8) is 0 Å². The van der Waals surface area contributed by atoms with Crippen LogP contribution in [0, 0.1) is 19.3 Å². The molecule has 0 radical (unpaired) electrons. The Labute approximate surface area is 161 Å². The van der Waals surface area contributed by atoms with Gasteiger partial charge in [-0.15, -0.1) is 11.6 Å². The summed E-state index contributed by atoms with van der Waals surface area (Å²) in [4.78, 5) is 26.4. The van der Waals surface area contributed by atoms with E-state index in [1.54, 1.807) is 4.90 Å². The Morgan fingerprint density at radius 1 is 1.27 bits per heavy atom. The van der Waals surface area contributed by atoms with Gasteiger partial charge in [0.05, 0.1) is 5.41 Å². The predicted octanol–water partition coefficient (Wildman–Crippen LogP) is 3.05. The smallest absolute Gasteiger partial charge is 0.260 e. The standard InChI is InChI=1S/C20H29ClN2O3/c1-14-5-6-17(15(2)11-14)26-12-18(24)23-9-7-16(8-10-23)22-19(25)20(3,4)13-21/h5-6,11,16H,7-10,12-13H2,1-4H3,(H,22,25). The number of ether oxygens (including phenoxy) is 1. The lowest BCUT2D eigenvalue weighted by atomic mass is 9.93. The van der Waals surface area contributed by atoms with E-state index in [0.29, 0.717) is 13.1 Å². The maximum atomic E-state index is 12.4. The van der Waals surface area contributed by atoms with Gasteiger partial charge in [0.1, 0.15) is 5.75 Å². The van der Waals surface area contributed by atoms with Gasteiger partial charge in [0, 0.05) is 25.0 Å². The van der Waals surface area contributed by atoms with Crippen molar-refractivity contribution >= 4 is 23.4 Å². The van der Waals surface area contributed by atoms with E-state index in [0.717, 1.165) is 24.2 Å². The molecule has 2 amide bonds. The molecule has 1 saturated heterocycles. The molecule has 6 heteroatoms. The summed E-state index contributed by atoms with van der Waals surface area (Å²) in [7, 11) is 0. The van der Waals surface area contributed by atoms with Gasteiger partial charge in [0.25, 0.3) is 5.91 Å². The SMILES string of the molecule is Cc1ccc(OCC(=O)N2CCC(NC(=O)C(C)(C)CCl)CC2)c(C)c1. The van der Waals surface area contributed by atoms with E-state index in [1.165, 1.54) is 5.56 Å². The number of nitrogens with zero attached hydrogens (tertiary/aromatic N) is 1. The molecule has 0 aromatic heterocycles. The maximum Gasteiger partial charge on any atom is 0.260 e.